The molecule has 128 valence electrons. The summed E-state index contributed by atoms with van der Waals surface area (Å²) in [7, 11) is 0. The van der Waals surface area contributed by atoms with Crippen molar-refractivity contribution in [2.24, 2.45) is 0 Å². The summed E-state index contributed by atoms with van der Waals surface area (Å²) in [5.41, 5.74) is 5.54. The third-order valence-corrected chi connectivity index (χ3v) is 4.47. The minimum absolute atomic E-state index is 0.296. The highest BCUT2D eigenvalue weighted by molar-refractivity contribution is 5.81. The van der Waals surface area contributed by atoms with Crippen LogP contribution in [0.5, 0.6) is 0 Å². The molecule has 1 N–H and O–H groups in total. The molecule has 4 rings (SSSR count). The van der Waals surface area contributed by atoms with Crippen LogP contribution >= 0.6 is 0 Å². The molecule has 1 aliphatic heterocycles. The van der Waals surface area contributed by atoms with Crippen molar-refractivity contribution in [2.75, 3.05) is 5.32 Å². The maximum atomic E-state index is 4.92. The van der Waals surface area contributed by atoms with E-state index >= 15 is 0 Å². The van der Waals surface area contributed by atoms with Crippen molar-refractivity contribution in [3.05, 3.63) is 48.3 Å². The maximum absolute atomic E-state index is 4.92. The van der Waals surface area contributed by atoms with E-state index in [1.54, 1.807) is 0 Å². The van der Waals surface area contributed by atoms with Crippen LogP contribution in [0.3, 0.4) is 0 Å². The molecule has 0 aliphatic carbocycles. The normalized spacial score (nSPS) is 13.7. The highest BCUT2D eigenvalue weighted by Crippen LogP contribution is 2.36. The molecule has 0 bridgehead atoms. The van der Waals surface area contributed by atoms with E-state index in [1.807, 2.05) is 18.3 Å². The van der Waals surface area contributed by atoms with Gasteiger partial charge in [0, 0.05) is 35.6 Å². The van der Waals surface area contributed by atoms with Gasteiger partial charge < -0.3 is 5.32 Å². The fourth-order valence-corrected chi connectivity index (χ4v) is 3.38. The number of aromatic nitrogens is 4. The quantitative estimate of drug-likeness (QED) is 0.779. The first-order chi connectivity index (χ1) is 12.2. The van der Waals surface area contributed by atoms with Crippen molar-refractivity contribution in [2.45, 2.75) is 45.7 Å². The first kappa shape index (κ1) is 15.8. The Bertz CT molecular complexity index is 867. The van der Waals surface area contributed by atoms with E-state index in [9.17, 15) is 0 Å². The van der Waals surface area contributed by atoms with Crippen molar-refractivity contribution in [3.8, 4) is 22.5 Å². The predicted molar refractivity (Wildman–Crippen MR) is 100 cm³/mol. The molecule has 0 atom stereocenters. The maximum Gasteiger partial charge on any atom is 0.223 e. The summed E-state index contributed by atoms with van der Waals surface area (Å²) in [4.78, 5) is 9.13. The van der Waals surface area contributed by atoms with Crippen molar-refractivity contribution in [1.29, 1.82) is 0 Å². The standard InChI is InChI=1S/C20H23N5/c1-14(2)22-20-21-12-11-16(23-20)18-17-10-6-7-13-25(17)24-19(18)15-8-4-3-5-9-15/h3-5,8-9,11-12,14H,6-7,10,13H2,1-2H3,(H,21,22,23). The number of nitrogens with one attached hydrogen (secondary N) is 1. The van der Waals surface area contributed by atoms with E-state index in [4.69, 9.17) is 10.1 Å². The molecule has 3 heterocycles. The molecule has 2 aromatic heterocycles. The van der Waals surface area contributed by atoms with E-state index in [2.05, 4.69) is 53.1 Å². The molecule has 0 fully saturated rings. The van der Waals surface area contributed by atoms with Crippen molar-refractivity contribution >= 4 is 5.95 Å². The average Bonchev–Trinajstić information content (AvgIpc) is 3.02. The van der Waals surface area contributed by atoms with Crippen molar-refractivity contribution in [1.82, 2.24) is 19.7 Å². The summed E-state index contributed by atoms with van der Waals surface area (Å²) in [6.45, 7) is 5.16. The Kier molecular flexibility index (Phi) is 4.22. The second-order valence-corrected chi connectivity index (χ2v) is 6.78. The average molecular weight is 333 g/mol. The van der Waals surface area contributed by atoms with Crippen molar-refractivity contribution < 1.29 is 0 Å². The predicted octanol–water partition coefficient (Wildman–Crippen LogP) is 4.16. The zero-order chi connectivity index (χ0) is 17.2. The van der Waals surface area contributed by atoms with Gasteiger partial charge in [-0.1, -0.05) is 30.3 Å². The Morgan fingerprint density at radius 1 is 1.08 bits per heavy atom. The molecule has 3 aromatic rings. The molecule has 0 spiro atoms. The summed E-state index contributed by atoms with van der Waals surface area (Å²) >= 11 is 0. The second-order valence-electron chi connectivity index (χ2n) is 6.78. The third kappa shape index (κ3) is 3.14. The molecule has 5 nitrogen and oxygen atoms in total. The molecule has 1 aromatic carbocycles. The topological polar surface area (TPSA) is 55.6 Å². The molecule has 0 saturated carbocycles. The summed E-state index contributed by atoms with van der Waals surface area (Å²) in [5, 5.41) is 8.22. The van der Waals surface area contributed by atoms with E-state index < -0.39 is 0 Å². The van der Waals surface area contributed by atoms with Gasteiger partial charge in [0.15, 0.2) is 0 Å². The van der Waals surface area contributed by atoms with Gasteiger partial charge in [0.05, 0.1) is 5.69 Å². The summed E-state index contributed by atoms with van der Waals surface area (Å²) < 4.78 is 2.17. The van der Waals surface area contributed by atoms with E-state index in [1.165, 1.54) is 18.5 Å². The zero-order valence-corrected chi connectivity index (χ0v) is 14.7. The number of fused-ring (bicyclic) bond motifs is 1. The highest BCUT2D eigenvalue weighted by atomic mass is 15.3. The number of hydrogen-bond donors (Lipinski definition) is 1. The lowest BCUT2D eigenvalue weighted by molar-refractivity contribution is 0.487. The second kappa shape index (κ2) is 6.67. The van der Waals surface area contributed by atoms with Gasteiger partial charge in [0.2, 0.25) is 5.95 Å². The highest BCUT2D eigenvalue weighted by Gasteiger charge is 2.23. The monoisotopic (exact) mass is 333 g/mol. The lowest BCUT2D eigenvalue weighted by Gasteiger charge is -2.15. The molecule has 0 radical (unpaired) electrons. The van der Waals surface area contributed by atoms with Crippen LogP contribution in [-0.4, -0.2) is 25.8 Å². The summed E-state index contributed by atoms with van der Waals surface area (Å²) in [5.74, 6) is 0.669. The van der Waals surface area contributed by atoms with Crippen LogP contribution in [0.1, 0.15) is 32.4 Å². The van der Waals surface area contributed by atoms with Crippen molar-refractivity contribution in [3.63, 3.8) is 0 Å². The Balaban J connectivity index is 1.87. The number of anilines is 1. The van der Waals surface area contributed by atoms with E-state index in [0.29, 0.717) is 12.0 Å². The van der Waals surface area contributed by atoms with Gasteiger partial charge in [-0.3, -0.25) is 4.68 Å². The summed E-state index contributed by atoms with van der Waals surface area (Å²) in [6.07, 6.45) is 5.27. The first-order valence-corrected chi connectivity index (χ1v) is 8.97. The van der Waals surface area contributed by atoms with E-state index in [-0.39, 0.29) is 0 Å². The zero-order valence-electron chi connectivity index (χ0n) is 14.7. The Labute approximate surface area is 148 Å². The molecule has 5 heteroatoms. The molecule has 1 aliphatic rings. The fraction of sp³-hybridized carbons (Fsp3) is 0.350. The van der Waals surface area contributed by atoms with Gasteiger partial charge >= 0.3 is 0 Å². The SMILES string of the molecule is CC(C)Nc1nccc(-c2c(-c3ccccc3)nn3c2CCCC3)n1. The van der Waals surface area contributed by atoms with Crippen LogP contribution in [0, 0.1) is 0 Å². The minimum Gasteiger partial charge on any atom is -0.352 e. The Hall–Kier alpha value is -2.69. The molecular formula is C20H23N5. The molecule has 0 amide bonds. The van der Waals surface area contributed by atoms with Crippen LogP contribution < -0.4 is 5.32 Å². The van der Waals surface area contributed by atoms with Gasteiger partial charge in [-0.05, 0) is 39.2 Å². The van der Waals surface area contributed by atoms with Crippen LogP contribution in [0.15, 0.2) is 42.6 Å². The summed E-state index contributed by atoms with van der Waals surface area (Å²) in [6, 6.07) is 12.7. The fourth-order valence-electron chi connectivity index (χ4n) is 3.38. The van der Waals surface area contributed by atoms with Gasteiger partial charge in [0.1, 0.15) is 5.69 Å². The number of aryl methyl sites for hydroxylation is 1. The third-order valence-electron chi connectivity index (χ3n) is 4.47. The molecular weight excluding hydrogens is 310 g/mol. The molecule has 25 heavy (non-hydrogen) atoms. The van der Waals surface area contributed by atoms with Crippen LogP contribution in [0.2, 0.25) is 0 Å². The van der Waals surface area contributed by atoms with E-state index in [0.717, 1.165) is 35.5 Å². The lowest BCUT2D eigenvalue weighted by atomic mass is 9.99. The molecule has 0 unspecified atom stereocenters. The largest absolute Gasteiger partial charge is 0.352 e. The van der Waals surface area contributed by atoms with Gasteiger partial charge in [-0.25, -0.2) is 9.97 Å². The van der Waals surface area contributed by atoms with Crippen LogP contribution in [-0.2, 0) is 13.0 Å². The van der Waals surface area contributed by atoms with Gasteiger partial charge in [-0.2, -0.15) is 5.10 Å². The Morgan fingerprint density at radius 3 is 2.72 bits per heavy atom. The number of rotatable bonds is 4. The van der Waals surface area contributed by atoms with Crippen LogP contribution in [0.4, 0.5) is 5.95 Å². The Morgan fingerprint density at radius 2 is 1.92 bits per heavy atom. The first-order valence-electron chi connectivity index (χ1n) is 8.97. The number of benzene rings is 1. The van der Waals surface area contributed by atoms with Crippen LogP contribution in [0.25, 0.3) is 22.5 Å². The molecule has 0 saturated heterocycles. The minimum atomic E-state index is 0.296. The van der Waals surface area contributed by atoms with Gasteiger partial charge in [-0.15, -0.1) is 0 Å². The number of nitrogens with zero attached hydrogens (tertiary/aromatic N) is 4. The van der Waals surface area contributed by atoms with Gasteiger partial charge in [0.25, 0.3) is 0 Å². The number of hydrogen-bond acceptors (Lipinski definition) is 4. The lowest BCUT2D eigenvalue weighted by Crippen LogP contribution is -2.13. The smallest absolute Gasteiger partial charge is 0.223 e.